The molecule has 0 spiro atoms. The molecule has 1 aromatic carbocycles. The van der Waals surface area contributed by atoms with E-state index in [1.54, 1.807) is 14.2 Å². The van der Waals surface area contributed by atoms with Crippen LogP contribution in [-0.2, 0) is 11.2 Å². The Bertz CT molecular complexity index is 305. The average Bonchev–Trinajstić information content (AvgIpc) is 2.25. The van der Waals surface area contributed by atoms with E-state index >= 15 is 0 Å². The van der Waals surface area contributed by atoms with Gasteiger partial charge in [0.25, 0.3) is 0 Å². The summed E-state index contributed by atoms with van der Waals surface area (Å²) in [5.41, 5.74) is 1.27. The van der Waals surface area contributed by atoms with Crippen molar-refractivity contribution in [2.75, 3.05) is 27.5 Å². The number of benzene rings is 1. The Morgan fingerprint density at radius 1 is 1.33 bits per heavy atom. The Balaban J connectivity index is 2.45. The minimum absolute atomic E-state index is 0.595. The van der Waals surface area contributed by atoms with Gasteiger partial charge in [0, 0.05) is 13.7 Å². The Kier molecular flexibility index (Phi) is 5.68. The van der Waals surface area contributed by atoms with E-state index in [4.69, 9.17) is 9.47 Å². The lowest BCUT2D eigenvalue weighted by Gasteiger charge is -2.07. The summed E-state index contributed by atoms with van der Waals surface area (Å²) in [7, 11) is 3.34. The monoisotopic (exact) mass is 273 g/mol. The Labute approximate surface area is 98.9 Å². The lowest BCUT2D eigenvalue weighted by molar-refractivity contribution is 0.176. The summed E-state index contributed by atoms with van der Waals surface area (Å²) in [5, 5.41) is 3.16. The van der Waals surface area contributed by atoms with Crippen molar-refractivity contribution in [3.63, 3.8) is 0 Å². The molecule has 0 heterocycles. The van der Waals surface area contributed by atoms with E-state index in [0.29, 0.717) is 6.73 Å². The molecule has 0 saturated carbocycles. The van der Waals surface area contributed by atoms with Crippen molar-refractivity contribution in [3.8, 4) is 5.75 Å². The van der Waals surface area contributed by atoms with Crippen LogP contribution in [0.4, 0.5) is 0 Å². The van der Waals surface area contributed by atoms with Crippen molar-refractivity contribution < 1.29 is 9.47 Å². The first-order valence-corrected chi connectivity index (χ1v) is 5.59. The second kappa shape index (κ2) is 6.82. The molecule has 0 aromatic heterocycles. The molecule has 3 nitrogen and oxygen atoms in total. The smallest absolute Gasteiger partial charge is 0.133 e. The fourth-order valence-electron chi connectivity index (χ4n) is 1.27. The third-order valence-corrected chi connectivity index (χ3v) is 2.67. The second-order valence-corrected chi connectivity index (χ2v) is 4.01. The molecule has 0 radical (unpaired) electrons. The summed E-state index contributed by atoms with van der Waals surface area (Å²) in [6.07, 6.45) is 0.978. The number of hydrogen-bond acceptors (Lipinski definition) is 3. The van der Waals surface area contributed by atoms with E-state index in [9.17, 15) is 0 Å². The van der Waals surface area contributed by atoms with Crippen molar-refractivity contribution >= 4 is 15.9 Å². The lowest BCUT2D eigenvalue weighted by atomic mass is 10.1. The molecule has 0 aliphatic heterocycles. The quantitative estimate of drug-likeness (QED) is 0.637. The van der Waals surface area contributed by atoms with Gasteiger partial charge in [0.2, 0.25) is 0 Å². The van der Waals surface area contributed by atoms with Gasteiger partial charge in [-0.25, -0.2) is 0 Å². The molecule has 1 aromatic rings. The summed E-state index contributed by atoms with van der Waals surface area (Å²) in [4.78, 5) is 0. The first kappa shape index (κ1) is 12.5. The van der Waals surface area contributed by atoms with E-state index in [-0.39, 0.29) is 0 Å². The van der Waals surface area contributed by atoms with Crippen LogP contribution >= 0.6 is 15.9 Å². The lowest BCUT2D eigenvalue weighted by Crippen LogP contribution is -2.19. The second-order valence-electron chi connectivity index (χ2n) is 3.15. The molecular formula is C11H16BrNO2. The molecule has 1 rings (SSSR count). The normalized spacial score (nSPS) is 10.3. The predicted molar refractivity (Wildman–Crippen MR) is 64.3 cm³/mol. The van der Waals surface area contributed by atoms with E-state index < -0.39 is 0 Å². The summed E-state index contributed by atoms with van der Waals surface area (Å²) in [6.45, 7) is 1.50. The molecule has 0 fully saturated rings. The van der Waals surface area contributed by atoms with Crippen LogP contribution in [-0.4, -0.2) is 27.5 Å². The first-order chi connectivity index (χ1) is 7.27. The van der Waals surface area contributed by atoms with Crippen molar-refractivity contribution in [1.29, 1.82) is 0 Å². The van der Waals surface area contributed by atoms with Crippen molar-refractivity contribution in [2.45, 2.75) is 6.42 Å². The average molecular weight is 274 g/mol. The fourth-order valence-corrected chi connectivity index (χ4v) is 1.86. The standard InChI is InChI=1S/C11H16BrNO2/c1-14-8-13-6-5-9-3-4-11(15-2)10(12)7-9/h3-4,7,13H,5-6,8H2,1-2H3. The Hall–Kier alpha value is -0.580. The number of hydrogen-bond donors (Lipinski definition) is 1. The van der Waals surface area contributed by atoms with E-state index in [0.717, 1.165) is 23.2 Å². The maximum atomic E-state index is 5.16. The molecule has 0 amide bonds. The minimum atomic E-state index is 0.595. The van der Waals surface area contributed by atoms with Gasteiger partial charge in [-0.3, -0.25) is 5.32 Å². The number of rotatable bonds is 6. The van der Waals surface area contributed by atoms with Gasteiger partial charge in [-0.1, -0.05) is 6.07 Å². The summed E-state index contributed by atoms with van der Waals surface area (Å²) in [5.74, 6) is 0.864. The van der Waals surface area contributed by atoms with Gasteiger partial charge in [0.1, 0.15) is 5.75 Å². The predicted octanol–water partition coefficient (Wildman–Crippen LogP) is 2.19. The number of methoxy groups -OCH3 is 2. The zero-order valence-corrected chi connectivity index (χ0v) is 10.6. The molecule has 1 N–H and O–H groups in total. The summed E-state index contributed by atoms with van der Waals surface area (Å²) >= 11 is 3.46. The van der Waals surface area contributed by atoms with E-state index in [2.05, 4.69) is 33.4 Å². The zero-order chi connectivity index (χ0) is 11.1. The van der Waals surface area contributed by atoms with Gasteiger partial charge in [0.05, 0.1) is 18.3 Å². The highest BCUT2D eigenvalue weighted by atomic mass is 79.9. The van der Waals surface area contributed by atoms with E-state index in [1.165, 1.54) is 5.56 Å². The van der Waals surface area contributed by atoms with Crippen molar-refractivity contribution in [1.82, 2.24) is 5.32 Å². The van der Waals surface area contributed by atoms with Gasteiger partial charge < -0.3 is 9.47 Å². The fraction of sp³-hybridized carbons (Fsp3) is 0.455. The van der Waals surface area contributed by atoms with Crippen LogP contribution in [0.5, 0.6) is 5.75 Å². The third-order valence-electron chi connectivity index (χ3n) is 2.05. The van der Waals surface area contributed by atoms with E-state index in [1.807, 2.05) is 6.07 Å². The molecule has 0 atom stereocenters. The van der Waals surface area contributed by atoms with Crippen LogP contribution in [0.2, 0.25) is 0 Å². The first-order valence-electron chi connectivity index (χ1n) is 4.80. The molecule has 0 saturated heterocycles. The Morgan fingerprint density at radius 2 is 2.13 bits per heavy atom. The SMILES string of the molecule is COCNCCc1ccc(OC)c(Br)c1. The van der Waals surface area contributed by atoms with Crippen molar-refractivity contribution in [3.05, 3.63) is 28.2 Å². The zero-order valence-electron chi connectivity index (χ0n) is 9.05. The summed E-state index contributed by atoms with van der Waals surface area (Å²) in [6, 6.07) is 6.11. The van der Waals surface area contributed by atoms with Crippen molar-refractivity contribution in [2.24, 2.45) is 0 Å². The largest absolute Gasteiger partial charge is 0.496 e. The highest BCUT2D eigenvalue weighted by Gasteiger charge is 2.00. The maximum Gasteiger partial charge on any atom is 0.133 e. The molecule has 0 aliphatic carbocycles. The molecule has 84 valence electrons. The minimum Gasteiger partial charge on any atom is -0.496 e. The van der Waals surface area contributed by atoms with Gasteiger partial charge in [-0.2, -0.15) is 0 Å². The van der Waals surface area contributed by atoms with Crippen LogP contribution in [0.25, 0.3) is 0 Å². The number of nitrogens with one attached hydrogen (secondary N) is 1. The van der Waals surface area contributed by atoms with Crippen LogP contribution in [0, 0.1) is 0 Å². The van der Waals surface area contributed by atoms with Crippen LogP contribution in [0.1, 0.15) is 5.56 Å². The highest BCUT2D eigenvalue weighted by molar-refractivity contribution is 9.10. The maximum absolute atomic E-state index is 5.16. The van der Waals surface area contributed by atoms with Gasteiger partial charge in [0.15, 0.2) is 0 Å². The molecule has 4 heteroatoms. The number of ether oxygens (including phenoxy) is 2. The van der Waals surface area contributed by atoms with Gasteiger partial charge in [-0.15, -0.1) is 0 Å². The van der Waals surface area contributed by atoms with Crippen LogP contribution < -0.4 is 10.1 Å². The molecule has 0 aliphatic rings. The molecule has 0 unspecified atom stereocenters. The number of halogens is 1. The molecule has 0 bridgehead atoms. The highest BCUT2D eigenvalue weighted by Crippen LogP contribution is 2.25. The van der Waals surface area contributed by atoms with Crippen LogP contribution in [0.15, 0.2) is 22.7 Å². The van der Waals surface area contributed by atoms with Gasteiger partial charge >= 0.3 is 0 Å². The topological polar surface area (TPSA) is 30.5 Å². The third kappa shape index (κ3) is 4.20. The molecule has 15 heavy (non-hydrogen) atoms. The Morgan fingerprint density at radius 3 is 2.73 bits per heavy atom. The van der Waals surface area contributed by atoms with Gasteiger partial charge in [-0.05, 0) is 40.0 Å². The molecular weight excluding hydrogens is 258 g/mol. The summed E-state index contributed by atoms with van der Waals surface area (Å²) < 4.78 is 11.1. The van der Waals surface area contributed by atoms with Crippen LogP contribution in [0.3, 0.4) is 0 Å².